The Morgan fingerprint density at radius 2 is 1.97 bits per heavy atom. The lowest BCUT2D eigenvalue weighted by Gasteiger charge is -2.17. The molecule has 2 aromatic heterocycles. The Hall–Kier alpha value is -4.06. The minimum atomic E-state index is 0.464. The largest absolute Gasteiger partial charge is 0.493 e. The number of nitriles is 1. The number of rotatable bonds is 12. The smallest absolute Gasteiger partial charge is 0.161 e. The van der Waals surface area contributed by atoms with Crippen molar-refractivity contribution in [2.75, 3.05) is 51.8 Å². The van der Waals surface area contributed by atoms with Crippen LogP contribution in [0.25, 0.3) is 22.0 Å². The number of fused-ring (bicyclic) bond motifs is 1. The highest BCUT2D eigenvalue weighted by atomic mass is 16.5. The van der Waals surface area contributed by atoms with Crippen LogP contribution in [-0.2, 0) is 0 Å². The fourth-order valence-corrected chi connectivity index (χ4v) is 4.98. The molecule has 2 aromatic carbocycles. The molecule has 0 aliphatic carbocycles. The first-order chi connectivity index (χ1) is 18.8. The quantitative estimate of drug-likeness (QED) is 0.222. The number of ether oxygens (including phenoxy) is 2. The number of nitrogens with zero attached hydrogens (tertiary/aromatic N) is 3. The van der Waals surface area contributed by atoms with E-state index in [-0.39, 0.29) is 0 Å². The van der Waals surface area contributed by atoms with Gasteiger partial charge in [-0.15, -0.1) is 0 Å². The van der Waals surface area contributed by atoms with Crippen LogP contribution in [0.4, 0.5) is 11.4 Å². The van der Waals surface area contributed by atoms with Crippen molar-refractivity contribution >= 4 is 22.3 Å². The Balaban J connectivity index is 1.30. The number of aromatic nitrogens is 2. The molecular formula is C30H34N6O2. The minimum absolute atomic E-state index is 0.464. The molecule has 0 atom stereocenters. The van der Waals surface area contributed by atoms with Crippen LogP contribution >= 0.6 is 0 Å². The number of H-pyrrole nitrogens is 1. The summed E-state index contributed by atoms with van der Waals surface area (Å²) < 4.78 is 11.7. The lowest BCUT2D eigenvalue weighted by atomic mass is 10.0. The normalized spacial score (nSPS) is 13.5. The zero-order chi connectivity index (χ0) is 26.2. The van der Waals surface area contributed by atoms with Crippen molar-refractivity contribution in [2.24, 2.45) is 0 Å². The van der Waals surface area contributed by atoms with Gasteiger partial charge in [-0.2, -0.15) is 5.26 Å². The maximum Gasteiger partial charge on any atom is 0.161 e. The van der Waals surface area contributed by atoms with Gasteiger partial charge in [0.25, 0.3) is 0 Å². The number of benzene rings is 2. The predicted octanol–water partition coefficient (Wildman–Crippen LogP) is 5.31. The molecule has 38 heavy (non-hydrogen) atoms. The number of likely N-dealkylation sites (tertiary alicyclic amines) is 1. The zero-order valence-electron chi connectivity index (χ0n) is 21.8. The zero-order valence-corrected chi connectivity index (χ0v) is 21.8. The van der Waals surface area contributed by atoms with Crippen LogP contribution in [0.5, 0.6) is 11.5 Å². The van der Waals surface area contributed by atoms with Gasteiger partial charge in [0.05, 0.1) is 18.4 Å². The van der Waals surface area contributed by atoms with Gasteiger partial charge in [0.15, 0.2) is 11.5 Å². The molecule has 0 radical (unpaired) electrons. The molecule has 8 heteroatoms. The van der Waals surface area contributed by atoms with Gasteiger partial charge in [-0.25, -0.2) is 0 Å². The van der Waals surface area contributed by atoms with E-state index < -0.39 is 0 Å². The Bertz CT molecular complexity index is 1400. The summed E-state index contributed by atoms with van der Waals surface area (Å²) >= 11 is 0. The number of aromatic amines is 1. The van der Waals surface area contributed by atoms with Gasteiger partial charge in [-0.05, 0) is 81.3 Å². The molecule has 1 aliphatic rings. The second-order valence-corrected chi connectivity index (χ2v) is 9.46. The van der Waals surface area contributed by atoms with Crippen LogP contribution in [0.3, 0.4) is 0 Å². The highest BCUT2D eigenvalue weighted by Crippen LogP contribution is 2.38. The summed E-state index contributed by atoms with van der Waals surface area (Å²) in [4.78, 5) is 10.1. The van der Waals surface area contributed by atoms with Gasteiger partial charge >= 0.3 is 0 Å². The van der Waals surface area contributed by atoms with Crippen LogP contribution in [0.1, 0.15) is 24.8 Å². The van der Waals surface area contributed by atoms with Crippen LogP contribution in [0.2, 0.25) is 0 Å². The van der Waals surface area contributed by atoms with Crippen molar-refractivity contribution in [2.45, 2.75) is 19.3 Å². The number of hydrogen-bond acceptors (Lipinski definition) is 7. The fourth-order valence-electron chi connectivity index (χ4n) is 4.98. The summed E-state index contributed by atoms with van der Waals surface area (Å²) in [7, 11) is 1.64. The molecule has 5 rings (SSSR count). The monoisotopic (exact) mass is 510 g/mol. The molecule has 4 aromatic rings. The average molecular weight is 511 g/mol. The van der Waals surface area contributed by atoms with Gasteiger partial charge in [-0.1, -0.05) is 12.1 Å². The second-order valence-electron chi connectivity index (χ2n) is 9.46. The molecular weight excluding hydrogens is 476 g/mol. The maximum atomic E-state index is 9.85. The van der Waals surface area contributed by atoms with Gasteiger partial charge in [-0.3, -0.25) is 4.98 Å². The van der Waals surface area contributed by atoms with Gasteiger partial charge < -0.3 is 30.0 Å². The van der Waals surface area contributed by atoms with Crippen molar-refractivity contribution in [3.05, 3.63) is 66.6 Å². The van der Waals surface area contributed by atoms with Crippen LogP contribution in [0.15, 0.2) is 61.1 Å². The third-order valence-electron chi connectivity index (χ3n) is 6.96. The van der Waals surface area contributed by atoms with E-state index in [2.05, 4.69) is 31.6 Å². The Morgan fingerprint density at radius 1 is 1.08 bits per heavy atom. The molecule has 1 aliphatic heterocycles. The van der Waals surface area contributed by atoms with E-state index in [0.717, 1.165) is 53.8 Å². The van der Waals surface area contributed by atoms with Crippen LogP contribution in [-0.4, -0.2) is 61.3 Å². The Morgan fingerprint density at radius 3 is 2.82 bits per heavy atom. The first kappa shape index (κ1) is 25.6. The van der Waals surface area contributed by atoms with Crippen molar-refractivity contribution in [3.63, 3.8) is 0 Å². The summed E-state index contributed by atoms with van der Waals surface area (Å²) in [5.74, 6) is 1.32. The third-order valence-corrected chi connectivity index (χ3v) is 6.96. The van der Waals surface area contributed by atoms with Crippen molar-refractivity contribution in [1.82, 2.24) is 20.2 Å². The van der Waals surface area contributed by atoms with E-state index in [9.17, 15) is 5.26 Å². The SMILES string of the molecule is COc1ccc(-c2cncc(C#N)c2Nc2cccc3[nH]ccc23)cc1OCCNCCCN1CCCC1. The molecule has 0 bridgehead atoms. The topological polar surface area (TPSA) is 98.2 Å². The summed E-state index contributed by atoms with van der Waals surface area (Å²) in [5, 5.41) is 17.9. The Labute approximate surface area is 223 Å². The number of methoxy groups -OCH3 is 1. The molecule has 8 nitrogen and oxygen atoms in total. The van der Waals surface area contributed by atoms with E-state index >= 15 is 0 Å². The lowest BCUT2D eigenvalue weighted by molar-refractivity contribution is 0.288. The van der Waals surface area contributed by atoms with Gasteiger partial charge in [0, 0.05) is 47.3 Å². The number of anilines is 2. The predicted molar refractivity (Wildman–Crippen MR) is 151 cm³/mol. The minimum Gasteiger partial charge on any atom is -0.493 e. The van der Waals surface area contributed by atoms with E-state index in [1.165, 1.54) is 25.9 Å². The molecule has 0 unspecified atom stereocenters. The number of hydrogen-bond donors (Lipinski definition) is 3. The van der Waals surface area contributed by atoms with Crippen molar-refractivity contribution < 1.29 is 9.47 Å². The number of pyridine rings is 1. The summed E-state index contributed by atoms with van der Waals surface area (Å²) in [6, 6.07) is 16.1. The fraction of sp³-hybridized carbons (Fsp3) is 0.333. The maximum absolute atomic E-state index is 9.85. The molecule has 3 N–H and O–H groups in total. The first-order valence-corrected chi connectivity index (χ1v) is 13.2. The highest BCUT2D eigenvalue weighted by Gasteiger charge is 2.16. The molecule has 1 saturated heterocycles. The summed E-state index contributed by atoms with van der Waals surface area (Å²) in [5.41, 5.74) is 4.79. The van der Waals surface area contributed by atoms with E-state index in [1.807, 2.05) is 48.7 Å². The van der Waals surface area contributed by atoms with E-state index in [1.54, 1.807) is 19.5 Å². The van der Waals surface area contributed by atoms with Crippen molar-refractivity contribution in [3.8, 4) is 28.7 Å². The lowest BCUT2D eigenvalue weighted by Crippen LogP contribution is -2.27. The van der Waals surface area contributed by atoms with Gasteiger partial charge in [0.1, 0.15) is 12.7 Å². The summed E-state index contributed by atoms with van der Waals surface area (Å²) in [6.07, 6.45) is 9.07. The molecule has 3 heterocycles. The van der Waals surface area contributed by atoms with Crippen LogP contribution < -0.4 is 20.1 Å². The van der Waals surface area contributed by atoms with Gasteiger partial charge in [0.2, 0.25) is 0 Å². The molecule has 0 saturated carbocycles. The third kappa shape index (κ3) is 5.91. The molecule has 1 fully saturated rings. The van der Waals surface area contributed by atoms with Crippen molar-refractivity contribution in [1.29, 1.82) is 5.26 Å². The average Bonchev–Trinajstić information content (AvgIpc) is 3.65. The first-order valence-electron chi connectivity index (χ1n) is 13.2. The molecule has 0 amide bonds. The second kappa shape index (κ2) is 12.5. The summed E-state index contributed by atoms with van der Waals surface area (Å²) in [6.45, 7) is 5.91. The van der Waals surface area contributed by atoms with Crippen LogP contribution in [0, 0.1) is 11.3 Å². The molecule has 0 spiro atoms. The standard InChI is InChI=1S/C30H34N6O2/c1-37-28-9-8-22(18-29(28)38-17-13-32-11-5-16-36-14-2-3-15-36)25-21-33-20-23(19-31)30(25)35-27-7-4-6-26-24(27)10-12-34-26/h4,6-10,12,18,20-21,32,34H,2-3,5,11,13-17H2,1H3,(H,33,35). The highest BCUT2D eigenvalue weighted by molar-refractivity contribution is 5.96. The number of nitrogens with one attached hydrogen (secondary N) is 3. The Kier molecular flexibility index (Phi) is 8.39. The molecule has 196 valence electrons. The van der Waals surface area contributed by atoms with E-state index in [0.29, 0.717) is 29.4 Å². The van der Waals surface area contributed by atoms with E-state index in [4.69, 9.17) is 9.47 Å².